The second kappa shape index (κ2) is 15.4. The van der Waals surface area contributed by atoms with Crippen LogP contribution in [0.15, 0.2) is 41.4 Å². The van der Waals surface area contributed by atoms with E-state index >= 15 is 0 Å². The molecule has 14 nitrogen and oxygen atoms in total. The lowest BCUT2D eigenvalue weighted by Crippen LogP contribution is -2.50. The number of rotatable bonds is 10. The third-order valence-electron chi connectivity index (χ3n) is 11.6. The first kappa shape index (κ1) is 40.8. The number of halogens is 3. The Morgan fingerprint density at radius 3 is 2.46 bits per heavy atom. The predicted octanol–water partition coefficient (Wildman–Crippen LogP) is 4.76. The maximum absolute atomic E-state index is 14.7. The molecule has 18 heteroatoms. The van der Waals surface area contributed by atoms with Crippen molar-refractivity contribution in [3.8, 4) is 5.88 Å². The fourth-order valence-electron chi connectivity index (χ4n) is 8.15. The van der Waals surface area contributed by atoms with E-state index in [0.717, 1.165) is 42.7 Å². The van der Waals surface area contributed by atoms with E-state index in [9.17, 15) is 31.5 Å². The van der Waals surface area contributed by atoms with Crippen molar-refractivity contribution < 1.29 is 41.0 Å². The van der Waals surface area contributed by atoms with Crippen LogP contribution in [0, 0.1) is 26.2 Å². The number of nitrogens with one attached hydrogen (secondary N) is 2. The lowest BCUT2D eigenvalue weighted by atomic mass is 9.70. The van der Waals surface area contributed by atoms with E-state index in [1.165, 1.54) is 16.6 Å². The molecule has 4 aromatic rings. The number of pyridine rings is 2. The lowest BCUT2D eigenvalue weighted by molar-refractivity contribution is -0.147. The first-order valence-corrected chi connectivity index (χ1v) is 20.5. The predicted molar refractivity (Wildman–Crippen MR) is 205 cm³/mol. The van der Waals surface area contributed by atoms with E-state index < -0.39 is 44.9 Å². The molecule has 0 radical (unpaired) electrons. The van der Waals surface area contributed by atoms with Crippen molar-refractivity contribution in [2.24, 2.45) is 5.41 Å². The molecular weight excluding hydrogens is 766 g/mol. The zero-order chi connectivity index (χ0) is 40.9. The Morgan fingerprint density at radius 2 is 1.77 bits per heavy atom. The molecule has 0 unspecified atom stereocenters. The van der Waals surface area contributed by atoms with Gasteiger partial charge >= 0.3 is 12.1 Å². The number of aryl methyl sites for hydroxylation is 3. The summed E-state index contributed by atoms with van der Waals surface area (Å²) in [6.07, 6.45) is -2.67. The Labute approximate surface area is 329 Å². The molecule has 7 rings (SSSR count). The number of anilines is 1. The van der Waals surface area contributed by atoms with E-state index in [-0.39, 0.29) is 29.5 Å². The number of alkyl halides is 3. The van der Waals surface area contributed by atoms with Crippen LogP contribution < -0.4 is 15.4 Å². The smallest absolute Gasteiger partial charge is 0.452 e. The molecule has 3 aromatic heterocycles. The third-order valence-corrected chi connectivity index (χ3v) is 13.4. The van der Waals surface area contributed by atoms with E-state index in [1.54, 1.807) is 39.0 Å². The van der Waals surface area contributed by atoms with Gasteiger partial charge in [0.15, 0.2) is 5.65 Å². The van der Waals surface area contributed by atoms with Gasteiger partial charge in [0.05, 0.1) is 25.2 Å². The summed E-state index contributed by atoms with van der Waals surface area (Å²) in [5, 5.41) is 24.5. The number of aromatic nitrogens is 4. The summed E-state index contributed by atoms with van der Waals surface area (Å²) in [4.78, 5) is 20.0. The molecule has 1 spiro atoms. The number of aliphatic carboxylic acids is 1. The minimum absolute atomic E-state index is 0.0256. The number of carboxylic acid groups (broad SMARTS) is 1. The van der Waals surface area contributed by atoms with Gasteiger partial charge in [0.2, 0.25) is 21.7 Å². The minimum atomic E-state index is -4.75. The largest absolute Gasteiger partial charge is 0.481 e. The van der Waals surface area contributed by atoms with Crippen molar-refractivity contribution in [1.82, 2.24) is 34.1 Å². The van der Waals surface area contributed by atoms with Gasteiger partial charge in [0.25, 0.3) is 0 Å². The Balaban J connectivity index is 1.26. The van der Waals surface area contributed by atoms with Crippen molar-refractivity contribution in [2.75, 3.05) is 64.3 Å². The molecule has 57 heavy (non-hydrogen) atoms. The lowest BCUT2D eigenvalue weighted by Gasteiger charge is -2.38. The van der Waals surface area contributed by atoms with Gasteiger partial charge in [-0.2, -0.15) is 22.5 Å². The maximum Gasteiger partial charge on any atom is 0.452 e. The summed E-state index contributed by atoms with van der Waals surface area (Å²) in [6, 6.07) is 8.47. The summed E-state index contributed by atoms with van der Waals surface area (Å²) in [6.45, 7) is 14.3. The summed E-state index contributed by atoms with van der Waals surface area (Å²) < 4.78 is 85.3. The van der Waals surface area contributed by atoms with Crippen molar-refractivity contribution in [3.05, 3.63) is 75.7 Å². The van der Waals surface area contributed by atoms with Crippen LogP contribution in [0.3, 0.4) is 0 Å². The van der Waals surface area contributed by atoms with E-state index in [2.05, 4.69) is 25.7 Å². The normalized spacial score (nSPS) is 19.5. The number of piperazine rings is 1. The fraction of sp³-hybridized carbons (Fsp3) is 0.538. The van der Waals surface area contributed by atoms with Crippen LogP contribution in [0.5, 0.6) is 5.88 Å². The number of sulfonamides is 1. The van der Waals surface area contributed by atoms with Crippen molar-refractivity contribution in [1.29, 1.82) is 0 Å². The van der Waals surface area contributed by atoms with Crippen molar-refractivity contribution in [2.45, 2.75) is 76.6 Å². The van der Waals surface area contributed by atoms with Gasteiger partial charge in [-0.25, -0.2) is 8.42 Å². The molecule has 1 aromatic carbocycles. The first-order chi connectivity index (χ1) is 26.9. The first-order valence-electron chi connectivity index (χ1n) is 19.1. The molecule has 3 N–H and O–H groups in total. The molecule has 308 valence electrons. The third kappa shape index (κ3) is 7.93. The molecular formula is C39H49F3N8O6S. The molecule has 0 bridgehead atoms. The Hall–Kier alpha value is -4.36. The molecule has 2 saturated heterocycles. The summed E-state index contributed by atoms with van der Waals surface area (Å²) in [7, 11) is -4.20. The zero-order valence-electron chi connectivity index (χ0n) is 32.7. The Kier molecular flexibility index (Phi) is 11.1. The molecule has 3 aliphatic heterocycles. The van der Waals surface area contributed by atoms with Gasteiger partial charge < -0.3 is 25.2 Å². The SMILES string of the molecule is Cc1ccc([C@H](c2ccn3c(C(F)(F)F)nnc3c2C)C(C)(C)C(=O)O)cc1CN1CC2(CCOCC2)Oc2nc(NCCN3CCNCC3)c(C)cc2S1(=O)=O. The Bertz CT molecular complexity index is 2270. The second-order valence-electron chi connectivity index (χ2n) is 15.9. The summed E-state index contributed by atoms with van der Waals surface area (Å²) >= 11 is 0. The van der Waals surface area contributed by atoms with Crippen molar-refractivity contribution >= 4 is 27.5 Å². The minimum Gasteiger partial charge on any atom is -0.481 e. The highest BCUT2D eigenvalue weighted by Gasteiger charge is 2.47. The molecule has 2 fully saturated rings. The average molecular weight is 815 g/mol. The number of fused-ring (bicyclic) bond motifs is 2. The molecule has 0 amide bonds. The van der Waals surface area contributed by atoms with Crippen LogP contribution in [0.1, 0.15) is 71.8 Å². The number of carboxylic acids is 1. The van der Waals surface area contributed by atoms with Crippen LogP contribution in [0.4, 0.5) is 19.0 Å². The molecule has 3 aliphatic rings. The maximum atomic E-state index is 14.7. The van der Waals surface area contributed by atoms with Gasteiger partial charge in [0.1, 0.15) is 16.3 Å². The van der Waals surface area contributed by atoms with Gasteiger partial charge in [-0.3, -0.25) is 14.1 Å². The highest BCUT2D eigenvalue weighted by atomic mass is 32.2. The summed E-state index contributed by atoms with van der Waals surface area (Å²) in [5.41, 5.74) is 0.967. The van der Waals surface area contributed by atoms with Crippen LogP contribution in [-0.4, -0.2) is 113 Å². The fourth-order valence-corrected chi connectivity index (χ4v) is 9.77. The van der Waals surface area contributed by atoms with Crippen LogP contribution in [0.2, 0.25) is 0 Å². The van der Waals surface area contributed by atoms with E-state index in [1.807, 2.05) is 19.9 Å². The van der Waals surface area contributed by atoms with Crippen LogP contribution >= 0.6 is 0 Å². The number of nitrogens with zero attached hydrogens (tertiary/aromatic N) is 6. The average Bonchev–Trinajstić information content (AvgIpc) is 3.59. The summed E-state index contributed by atoms with van der Waals surface area (Å²) in [5.74, 6) is -2.59. The van der Waals surface area contributed by atoms with Crippen LogP contribution in [-0.2, 0) is 32.3 Å². The van der Waals surface area contributed by atoms with Gasteiger partial charge in [-0.1, -0.05) is 18.2 Å². The quantitative estimate of drug-likeness (QED) is 0.202. The van der Waals surface area contributed by atoms with E-state index in [4.69, 9.17) is 14.5 Å². The van der Waals surface area contributed by atoms with Gasteiger partial charge in [-0.15, -0.1) is 10.2 Å². The number of ether oxygens (including phenoxy) is 2. The topological polar surface area (TPSA) is 164 Å². The van der Waals surface area contributed by atoms with Crippen molar-refractivity contribution in [3.63, 3.8) is 0 Å². The highest BCUT2D eigenvalue weighted by Crippen LogP contribution is 2.45. The van der Waals surface area contributed by atoms with Gasteiger partial charge in [0, 0.05) is 70.8 Å². The Morgan fingerprint density at radius 1 is 1.05 bits per heavy atom. The zero-order valence-corrected chi connectivity index (χ0v) is 33.6. The molecule has 6 heterocycles. The van der Waals surface area contributed by atoms with Crippen LogP contribution in [0.25, 0.3) is 5.65 Å². The number of benzene rings is 1. The number of hydrogen-bond donors (Lipinski definition) is 3. The second-order valence-corrected chi connectivity index (χ2v) is 17.8. The molecule has 0 aliphatic carbocycles. The standard InChI is InChI=1S/C39H49F3N8O6S/c1-24-6-7-27(31(37(4,5)36(51)52)29-8-14-50-33(26(29)3)46-47-35(50)39(40,41)42)21-28(24)22-49-23-38(9-18-55-19-10-38)56-34-30(57(49,53)54)20-25(2)32(45-34)44-13-17-48-15-11-43-12-16-48/h6-8,14,20-21,31,43H,9-13,15-19,22-23H2,1-5H3,(H,44,45)(H,51,52)/t31-/m1/s1. The monoisotopic (exact) mass is 814 g/mol. The number of carbonyl (C=O) groups is 1. The van der Waals surface area contributed by atoms with Gasteiger partial charge in [-0.05, 0) is 80.1 Å². The molecule has 1 atom stereocenters. The molecule has 0 saturated carbocycles. The highest BCUT2D eigenvalue weighted by molar-refractivity contribution is 7.89. The van der Waals surface area contributed by atoms with E-state index in [0.29, 0.717) is 66.2 Å². The number of hydrogen-bond acceptors (Lipinski definition) is 11.